The molecule has 0 radical (unpaired) electrons. The molecule has 100 valence electrons. The number of hydrogen-bond donors (Lipinski definition) is 0. The minimum absolute atomic E-state index is 0.0173. The fourth-order valence-electron chi connectivity index (χ4n) is 2.25. The SMILES string of the molecule is COc1ccccc1C(=O)Cn1ncc2ccccc21. The topological polar surface area (TPSA) is 44.1 Å². The number of ketones is 1. The maximum Gasteiger partial charge on any atom is 0.188 e. The Morgan fingerprint density at radius 3 is 2.75 bits per heavy atom. The van der Waals surface area contributed by atoms with Gasteiger partial charge in [-0.05, 0) is 18.2 Å². The highest BCUT2D eigenvalue weighted by molar-refractivity contribution is 5.99. The largest absolute Gasteiger partial charge is 0.496 e. The van der Waals surface area contributed by atoms with Crippen LogP contribution in [0.5, 0.6) is 5.75 Å². The third kappa shape index (κ3) is 2.16. The van der Waals surface area contributed by atoms with Crippen molar-refractivity contribution in [1.82, 2.24) is 9.78 Å². The summed E-state index contributed by atoms with van der Waals surface area (Å²) in [7, 11) is 1.56. The highest BCUT2D eigenvalue weighted by atomic mass is 16.5. The Morgan fingerprint density at radius 2 is 1.90 bits per heavy atom. The Kier molecular flexibility index (Phi) is 3.21. The monoisotopic (exact) mass is 266 g/mol. The minimum atomic E-state index is -0.0173. The van der Waals surface area contributed by atoms with Crippen molar-refractivity contribution in [2.45, 2.75) is 6.54 Å². The molecule has 0 bridgehead atoms. The van der Waals surface area contributed by atoms with Crippen molar-refractivity contribution in [2.24, 2.45) is 0 Å². The van der Waals surface area contributed by atoms with Crippen molar-refractivity contribution in [3.8, 4) is 5.75 Å². The molecule has 0 unspecified atom stereocenters. The lowest BCUT2D eigenvalue weighted by Crippen LogP contribution is -2.12. The van der Waals surface area contributed by atoms with E-state index in [0.29, 0.717) is 11.3 Å². The molecule has 0 aliphatic carbocycles. The zero-order valence-corrected chi connectivity index (χ0v) is 11.1. The number of Topliss-reactive ketones (excluding diaryl/α,β-unsaturated/α-hetero) is 1. The van der Waals surface area contributed by atoms with Crippen LogP contribution in [0.25, 0.3) is 10.9 Å². The molecule has 0 spiro atoms. The molecular weight excluding hydrogens is 252 g/mol. The van der Waals surface area contributed by atoms with Gasteiger partial charge in [0.05, 0.1) is 24.4 Å². The second kappa shape index (κ2) is 5.17. The van der Waals surface area contributed by atoms with Crippen LogP contribution in [-0.4, -0.2) is 22.7 Å². The predicted molar refractivity (Wildman–Crippen MR) is 77.1 cm³/mol. The van der Waals surface area contributed by atoms with E-state index in [1.165, 1.54) is 0 Å². The molecule has 20 heavy (non-hydrogen) atoms. The molecular formula is C16H14N2O2. The Hall–Kier alpha value is -2.62. The van der Waals surface area contributed by atoms with E-state index >= 15 is 0 Å². The van der Waals surface area contributed by atoms with Gasteiger partial charge in [-0.25, -0.2) is 0 Å². The van der Waals surface area contributed by atoms with E-state index in [0.717, 1.165) is 10.9 Å². The van der Waals surface area contributed by atoms with Crippen LogP contribution >= 0.6 is 0 Å². The van der Waals surface area contributed by atoms with Crippen LogP contribution in [0.1, 0.15) is 10.4 Å². The van der Waals surface area contributed by atoms with E-state index in [-0.39, 0.29) is 12.3 Å². The summed E-state index contributed by atoms with van der Waals surface area (Å²) in [6.45, 7) is 0.202. The number of nitrogens with zero attached hydrogens (tertiary/aromatic N) is 2. The van der Waals surface area contributed by atoms with Gasteiger partial charge in [0.25, 0.3) is 0 Å². The second-order valence-corrected chi connectivity index (χ2v) is 4.48. The van der Waals surface area contributed by atoms with E-state index in [2.05, 4.69) is 5.10 Å². The fraction of sp³-hybridized carbons (Fsp3) is 0.125. The first-order valence-corrected chi connectivity index (χ1v) is 6.36. The summed E-state index contributed by atoms with van der Waals surface area (Å²) in [6, 6.07) is 15.1. The van der Waals surface area contributed by atoms with Crippen molar-refractivity contribution >= 4 is 16.7 Å². The van der Waals surface area contributed by atoms with Gasteiger partial charge in [-0.15, -0.1) is 0 Å². The first kappa shape index (κ1) is 12.4. The van der Waals surface area contributed by atoms with Gasteiger partial charge in [0, 0.05) is 5.39 Å². The molecule has 0 atom stereocenters. The number of benzene rings is 2. The highest BCUT2D eigenvalue weighted by Crippen LogP contribution is 2.19. The van der Waals surface area contributed by atoms with E-state index < -0.39 is 0 Å². The number of fused-ring (bicyclic) bond motifs is 1. The molecule has 4 nitrogen and oxygen atoms in total. The van der Waals surface area contributed by atoms with Gasteiger partial charge in [-0.3, -0.25) is 9.48 Å². The number of rotatable bonds is 4. The third-order valence-electron chi connectivity index (χ3n) is 3.25. The first-order valence-electron chi connectivity index (χ1n) is 6.36. The van der Waals surface area contributed by atoms with Crippen LogP contribution in [0.15, 0.2) is 54.7 Å². The van der Waals surface area contributed by atoms with E-state index in [4.69, 9.17) is 4.74 Å². The zero-order chi connectivity index (χ0) is 13.9. The van der Waals surface area contributed by atoms with Gasteiger partial charge in [0.15, 0.2) is 5.78 Å². The van der Waals surface area contributed by atoms with Crippen molar-refractivity contribution in [3.05, 3.63) is 60.3 Å². The number of ether oxygens (including phenoxy) is 1. The molecule has 4 heteroatoms. The summed E-state index contributed by atoms with van der Waals surface area (Å²) in [6.07, 6.45) is 1.77. The minimum Gasteiger partial charge on any atom is -0.496 e. The first-order chi connectivity index (χ1) is 9.79. The van der Waals surface area contributed by atoms with Gasteiger partial charge in [-0.2, -0.15) is 5.10 Å². The summed E-state index contributed by atoms with van der Waals surface area (Å²) in [5, 5.41) is 5.30. The highest BCUT2D eigenvalue weighted by Gasteiger charge is 2.13. The Labute approximate surface area is 116 Å². The number of hydrogen-bond acceptors (Lipinski definition) is 3. The summed E-state index contributed by atoms with van der Waals surface area (Å²) < 4.78 is 6.94. The standard InChI is InChI=1S/C16H14N2O2/c1-20-16-9-5-3-7-13(16)15(19)11-18-14-8-4-2-6-12(14)10-17-18/h2-10H,11H2,1H3. The summed E-state index contributed by atoms with van der Waals surface area (Å²) >= 11 is 0. The molecule has 3 aromatic rings. The van der Waals surface area contributed by atoms with Crippen LogP contribution in [0, 0.1) is 0 Å². The average Bonchev–Trinajstić information content (AvgIpc) is 2.90. The van der Waals surface area contributed by atoms with Crippen molar-refractivity contribution in [1.29, 1.82) is 0 Å². The van der Waals surface area contributed by atoms with Crippen LogP contribution in [0.3, 0.4) is 0 Å². The van der Waals surface area contributed by atoms with E-state index in [1.54, 1.807) is 30.1 Å². The third-order valence-corrected chi connectivity index (χ3v) is 3.25. The summed E-state index contributed by atoms with van der Waals surface area (Å²) in [5.74, 6) is 0.574. The molecule has 0 aliphatic rings. The molecule has 3 rings (SSSR count). The lowest BCUT2D eigenvalue weighted by molar-refractivity contribution is 0.0966. The Balaban J connectivity index is 1.93. The maximum atomic E-state index is 12.4. The molecule has 1 aromatic heterocycles. The zero-order valence-electron chi connectivity index (χ0n) is 11.1. The fourth-order valence-corrected chi connectivity index (χ4v) is 2.25. The quantitative estimate of drug-likeness (QED) is 0.682. The number of carbonyl (C=O) groups excluding carboxylic acids is 1. The molecule has 0 saturated carbocycles. The molecule has 1 heterocycles. The molecule has 0 amide bonds. The second-order valence-electron chi connectivity index (χ2n) is 4.48. The Morgan fingerprint density at radius 1 is 1.15 bits per heavy atom. The van der Waals surface area contributed by atoms with Crippen molar-refractivity contribution < 1.29 is 9.53 Å². The van der Waals surface area contributed by atoms with Gasteiger partial charge < -0.3 is 4.74 Å². The predicted octanol–water partition coefficient (Wildman–Crippen LogP) is 2.93. The summed E-state index contributed by atoms with van der Waals surface area (Å²) in [4.78, 5) is 12.4. The van der Waals surface area contributed by atoms with Crippen LogP contribution < -0.4 is 4.74 Å². The number of methoxy groups -OCH3 is 1. The molecule has 0 fully saturated rings. The van der Waals surface area contributed by atoms with Crippen LogP contribution in [0.4, 0.5) is 0 Å². The average molecular weight is 266 g/mol. The molecule has 0 N–H and O–H groups in total. The van der Waals surface area contributed by atoms with E-state index in [9.17, 15) is 4.79 Å². The summed E-state index contributed by atoms with van der Waals surface area (Å²) in [5.41, 5.74) is 1.53. The van der Waals surface area contributed by atoms with Gasteiger partial charge in [0.1, 0.15) is 12.3 Å². The van der Waals surface area contributed by atoms with Crippen LogP contribution in [0.2, 0.25) is 0 Å². The van der Waals surface area contributed by atoms with Gasteiger partial charge in [-0.1, -0.05) is 30.3 Å². The maximum absolute atomic E-state index is 12.4. The molecule has 0 aliphatic heterocycles. The normalized spacial score (nSPS) is 10.7. The van der Waals surface area contributed by atoms with E-state index in [1.807, 2.05) is 36.4 Å². The van der Waals surface area contributed by atoms with Gasteiger partial charge >= 0.3 is 0 Å². The lowest BCUT2D eigenvalue weighted by Gasteiger charge is -2.07. The van der Waals surface area contributed by atoms with Crippen molar-refractivity contribution in [3.63, 3.8) is 0 Å². The number of carbonyl (C=O) groups is 1. The Bertz CT molecular complexity index is 762. The van der Waals surface area contributed by atoms with Crippen molar-refractivity contribution in [2.75, 3.05) is 7.11 Å². The smallest absolute Gasteiger partial charge is 0.188 e. The lowest BCUT2D eigenvalue weighted by atomic mass is 10.1. The number of aromatic nitrogens is 2. The number of para-hydroxylation sites is 2. The van der Waals surface area contributed by atoms with Crippen LogP contribution in [-0.2, 0) is 6.54 Å². The molecule has 2 aromatic carbocycles. The molecule has 0 saturated heterocycles. The van der Waals surface area contributed by atoms with Gasteiger partial charge in [0.2, 0.25) is 0 Å².